The van der Waals surface area contributed by atoms with E-state index in [0.29, 0.717) is 49.2 Å². The zero-order chi connectivity index (χ0) is 21.2. The molecule has 0 bridgehead atoms. The van der Waals surface area contributed by atoms with E-state index in [1.165, 1.54) is 0 Å². The molecule has 0 aliphatic heterocycles. The third kappa shape index (κ3) is 6.01. The maximum absolute atomic E-state index is 12.6. The van der Waals surface area contributed by atoms with Crippen LogP contribution in [0.1, 0.15) is 35.3 Å². The van der Waals surface area contributed by atoms with E-state index in [-0.39, 0.29) is 5.91 Å². The van der Waals surface area contributed by atoms with Crippen molar-refractivity contribution in [1.29, 1.82) is 0 Å². The fourth-order valence-electron chi connectivity index (χ4n) is 2.96. The zero-order valence-electron chi connectivity index (χ0n) is 17.4. The number of amides is 1. The minimum absolute atomic E-state index is 0.160. The molecule has 5 nitrogen and oxygen atoms in total. The first-order valence-electron chi connectivity index (χ1n) is 10.1. The third-order valence-electron chi connectivity index (χ3n) is 4.41. The van der Waals surface area contributed by atoms with Crippen LogP contribution in [-0.4, -0.2) is 19.1 Å². The summed E-state index contributed by atoms with van der Waals surface area (Å²) in [6, 6.07) is 22.8. The first kappa shape index (κ1) is 21.2. The minimum Gasteiger partial charge on any atom is -0.490 e. The lowest BCUT2D eigenvalue weighted by atomic mass is 10.1. The van der Waals surface area contributed by atoms with Crippen LogP contribution < -0.4 is 19.5 Å². The number of hydrogen-bond donors (Lipinski definition) is 1. The van der Waals surface area contributed by atoms with Crippen LogP contribution in [0.25, 0.3) is 0 Å². The highest BCUT2D eigenvalue weighted by Crippen LogP contribution is 2.28. The van der Waals surface area contributed by atoms with Crippen molar-refractivity contribution in [2.45, 2.75) is 27.0 Å². The zero-order valence-corrected chi connectivity index (χ0v) is 17.4. The van der Waals surface area contributed by atoms with Gasteiger partial charge >= 0.3 is 0 Å². The Bertz CT molecular complexity index is 956. The Kier molecular flexibility index (Phi) is 7.72. The molecule has 5 heteroatoms. The minimum atomic E-state index is -0.160. The van der Waals surface area contributed by atoms with E-state index in [1.54, 1.807) is 12.1 Å². The van der Waals surface area contributed by atoms with Crippen LogP contribution in [-0.2, 0) is 13.2 Å². The van der Waals surface area contributed by atoms with Gasteiger partial charge in [0.05, 0.1) is 13.2 Å². The second-order valence-corrected chi connectivity index (χ2v) is 6.63. The molecule has 30 heavy (non-hydrogen) atoms. The Morgan fingerprint density at radius 1 is 0.767 bits per heavy atom. The van der Waals surface area contributed by atoms with Gasteiger partial charge in [-0.1, -0.05) is 42.5 Å². The highest BCUT2D eigenvalue weighted by molar-refractivity contribution is 5.94. The molecule has 0 aliphatic rings. The molecule has 3 rings (SSSR count). The average Bonchev–Trinajstić information content (AvgIpc) is 2.79. The molecule has 0 spiro atoms. The van der Waals surface area contributed by atoms with E-state index in [2.05, 4.69) is 5.32 Å². The van der Waals surface area contributed by atoms with Gasteiger partial charge in [-0.3, -0.25) is 4.79 Å². The molecule has 0 radical (unpaired) electrons. The summed E-state index contributed by atoms with van der Waals surface area (Å²) in [5, 5.41) is 2.95. The summed E-state index contributed by atoms with van der Waals surface area (Å²) in [6.07, 6.45) is 0. The lowest BCUT2D eigenvalue weighted by Gasteiger charge is -2.13. The van der Waals surface area contributed by atoms with Crippen LogP contribution in [0.15, 0.2) is 72.8 Å². The van der Waals surface area contributed by atoms with Gasteiger partial charge in [0, 0.05) is 12.1 Å². The van der Waals surface area contributed by atoms with Crippen molar-refractivity contribution in [1.82, 2.24) is 5.32 Å². The Labute approximate surface area is 177 Å². The summed E-state index contributed by atoms with van der Waals surface area (Å²) < 4.78 is 17.0. The fourth-order valence-corrected chi connectivity index (χ4v) is 2.96. The molecule has 1 N–H and O–H groups in total. The topological polar surface area (TPSA) is 56.8 Å². The standard InChI is InChI=1S/C25H27NO4/c1-3-28-23-14-13-20(15-24(23)29-4-2)17-26-25(27)21-11-8-12-22(16-21)30-18-19-9-6-5-7-10-19/h5-16H,3-4,17-18H2,1-2H3,(H,26,27). The van der Waals surface area contributed by atoms with Gasteiger partial charge in [0.2, 0.25) is 0 Å². The Hall–Kier alpha value is -3.47. The molecule has 3 aromatic rings. The molecule has 1 amide bonds. The fraction of sp³-hybridized carbons (Fsp3) is 0.240. The number of ether oxygens (including phenoxy) is 3. The molecule has 0 aromatic heterocycles. The smallest absolute Gasteiger partial charge is 0.251 e. The number of carbonyl (C=O) groups excluding carboxylic acids is 1. The van der Waals surface area contributed by atoms with Crippen molar-refractivity contribution < 1.29 is 19.0 Å². The normalized spacial score (nSPS) is 10.3. The third-order valence-corrected chi connectivity index (χ3v) is 4.41. The first-order valence-corrected chi connectivity index (χ1v) is 10.1. The summed E-state index contributed by atoms with van der Waals surface area (Å²) in [6.45, 7) is 5.82. The van der Waals surface area contributed by atoms with E-state index >= 15 is 0 Å². The van der Waals surface area contributed by atoms with Crippen molar-refractivity contribution in [2.75, 3.05) is 13.2 Å². The maximum atomic E-state index is 12.6. The lowest BCUT2D eigenvalue weighted by Crippen LogP contribution is -2.22. The lowest BCUT2D eigenvalue weighted by molar-refractivity contribution is 0.0950. The Morgan fingerprint density at radius 3 is 2.30 bits per heavy atom. The van der Waals surface area contributed by atoms with Gasteiger partial charge < -0.3 is 19.5 Å². The number of nitrogens with one attached hydrogen (secondary N) is 1. The summed E-state index contributed by atoms with van der Waals surface area (Å²) in [5.41, 5.74) is 2.57. The van der Waals surface area contributed by atoms with Gasteiger partial charge in [-0.05, 0) is 55.3 Å². The van der Waals surface area contributed by atoms with Crippen molar-refractivity contribution in [2.24, 2.45) is 0 Å². The van der Waals surface area contributed by atoms with Crippen molar-refractivity contribution in [3.05, 3.63) is 89.5 Å². The van der Waals surface area contributed by atoms with Crippen LogP contribution in [0.3, 0.4) is 0 Å². The number of benzene rings is 3. The summed E-state index contributed by atoms with van der Waals surface area (Å²) >= 11 is 0. The second kappa shape index (κ2) is 10.9. The monoisotopic (exact) mass is 405 g/mol. The molecule has 0 unspecified atom stereocenters. The average molecular weight is 405 g/mol. The molecule has 0 heterocycles. The molecule has 0 atom stereocenters. The number of rotatable bonds is 10. The number of carbonyl (C=O) groups is 1. The van der Waals surface area contributed by atoms with Gasteiger partial charge in [0.1, 0.15) is 12.4 Å². The molecule has 156 valence electrons. The predicted octanol–water partition coefficient (Wildman–Crippen LogP) is 4.99. The van der Waals surface area contributed by atoms with Crippen LogP contribution >= 0.6 is 0 Å². The number of hydrogen-bond acceptors (Lipinski definition) is 4. The summed E-state index contributed by atoms with van der Waals surface area (Å²) in [4.78, 5) is 12.6. The Morgan fingerprint density at radius 2 is 1.53 bits per heavy atom. The van der Waals surface area contributed by atoms with E-state index in [0.717, 1.165) is 11.1 Å². The molecular formula is C25H27NO4. The summed E-state index contributed by atoms with van der Waals surface area (Å²) in [5.74, 6) is 1.89. The van der Waals surface area contributed by atoms with Gasteiger partial charge in [0.25, 0.3) is 5.91 Å². The largest absolute Gasteiger partial charge is 0.490 e. The SMILES string of the molecule is CCOc1ccc(CNC(=O)c2cccc(OCc3ccccc3)c2)cc1OCC. The van der Waals surface area contributed by atoms with Crippen LogP contribution in [0.4, 0.5) is 0 Å². The van der Waals surface area contributed by atoms with E-state index < -0.39 is 0 Å². The van der Waals surface area contributed by atoms with Crippen molar-refractivity contribution >= 4 is 5.91 Å². The van der Waals surface area contributed by atoms with Gasteiger partial charge in [0.15, 0.2) is 11.5 Å². The quantitative estimate of drug-likeness (QED) is 0.516. The van der Waals surface area contributed by atoms with Crippen LogP contribution in [0.5, 0.6) is 17.2 Å². The van der Waals surface area contributed by atoms with E-state index in [1.807, 2.05) is 74.5 Å². The highest BCUT2D eigenvalue weighted by Gasteiger charge is 2.10. The van der Waals surface area contributed by atoms with Crippen LogP contribution in [0.2, 0.25) is 0 Å². The van der Waals surface area contributed by atoms with Crippen molar-refractivity contribution in [3.8, 4) is 17.2 Å². The highest BCUT2D eigenvalue weighted by atomic mass is 16.5. The van der Waals surface area contributed by atoms with Gasteiger partial charge in [-0.2, -0.15) is 0 Å². The maximum Gasteiger partial charge on any atom is 0.251 e. The van der Waals surface area contributed by atoms with E-state index in [4.69, 9.17) is 14.2 Å². The molecule has 0 fully saturated rings. The van der Waals surface area contributed by atoms with Gasteiger partial charge in [-0.15, -0.1) is 0 Å². The molecular weight excluding hydrogens is 378 g/mol. The predicted molar refractivity (Wildman–Crippen MR) is 117 cm³/mol. The summed E-state index contributed by atoms with van der Waals surface area (Å²) in [7, 11) is 0. The van der Waals surface area contributed by atoms with Crippen LogP contribution in [0, 0.1) is 0 Å². The van der Waals surface area contributed by atoms with E-state index in [9.17, 15) is 4.79 Å². The molecule has 0 aliphatic carbocycles. The second-order valence-electron chi connectivity index (χ2n) is 6.63. The molecule has 3 aromatic carbocycles. The first-order chi connectivity index (χ1) is 14.7. The molecule has 0 saturated heterocycles. The molecule has 0 saturated carbocycles. The van der Waals surface area contributed by atoms with Gasteiger partial charge in [-0.25, -0.2) is 0 Å². The Balaban J connectivity index is 1.60. The van der Waals surface area contributed by atoms with Crippen molar-refractivity contribution in [3.63, 3.8) is 0 Å².